The molecule has 0 saturated carbocycles. The Hall–Kier alpha value is -0.170. The predicted octanol–water partition coefficient (Wildman–Crippen LogP) is 4.92. The average Bonchev–Trinajstić information content (AvgIpc) is 2.32. The number of hydrogen-bond donors (Lipinski definition) is 0. The van der Waals surface area contributed by atoms with Crippen LogP contribution in [0.3, 0.4) is 0 Å². The van der Waals surface area contributed by atoms with Gasteiger partial charge in [-0.15, -0.1) is 11.8 Å². The summed E-state index contributed by atoms with van der Waals surface area (Å²) in [6.45, 7) is 13.2. The highest BCUT2D eigenvalue weighted by Crippen LogP contribution is 2.51. The fraction of sp³-hybridized carbons (Fsp3) is 0.692. The van der Waals surface area contributed by atoms with Gasteiger partial charge in [0.15, 0.2) is 0 Å². The standard InChI is InChI=1S/C13H22S/c1-6-7-8-9-13(5)11(3)10(2)12(4)14-13/h4,6-9H2,1-3,5H3. The summed E-state index contributed by atoms with van der Waals surface area (Å²) in [4.78, 5) is 1.28. The molecule has 1 unspecified atom stereocenters. The normalized spacial score (nSPS) is 27.6. The maximum Gasteiger partial charge on any atom is 0.0390 e. The summed E-state index contributed by atoms with van der Waals surface area (Å²) in [5.41, 5.74) is 2.97. The van der Waals surface area contributed by atoms with Gasteiger partial charge in [-0.2, -0.15) is 0 Å². The van der Waals surface area contributed by atoms with Crippen molar-refractivity contribution in [2.75, 3.05) is 0 Å². The molecule has 0 amide bonds. The molecule has 0 aromatic rings. The van der Waals surface area contributed by atoms with Crippen molar-refractivity contribution in [1.82, 2.24) is 0 Å². The average molecular weight is 210 g/mol. The highest BCUT2D eigenvalue weighted by Gasteiger charge is 2.34. The second-order valence-corrected chi connectivity index (χ2v) is 6.06. The van der Waals surface area contributed by atoms with Gasteiger partial charge in [-0.1, -0.05) is 38.3 Å². The molecule has 80 valence electrons. The lowest BCUT2D eigenvalue weighted by Crippen LogP contribution is -2.18. The van der Waals surface area contributed by atoms with E-state index in [1.807, 2.05) is 11.8 Å². The largest absolute Gasteiger partial charge is 0.115 e. The molecule has 0 aromatic carbocycles. The van der Waals surface area contributed by atoms with Crippen molar-refractivity contribution < 1.29 is 0 Å². The molecular formula is C13H22S. The summed E-state index contributed by atoms with van der Waals surface area (Å²) < 4.78 is 0.344. The monoisotopic (exact) mass is 210 g/mol. The zero-order chi connectivity index (χ0) is 10.8. The lowest BCUT2D eigenvalue weighted by atomic mass is 9.92. The van der Waals surface area contributed by atoms with Crippen molar-refractivity contribution in [1.29, 1.82) is 0 Å². The molecule has 0 bridgehead atoms. The van der Waals surface area contributed by atoms with Crippen LogP contribution in [0.1, 0.15) is 53.4 Å². The third-order valence-corrected chi connectivity index (χ3v) is 4.89. The van der Waals surface area contributed by atoms with Crippen molar-refractivity contribution in [3.05, 3.63) is 22.6 Å². The van der Waals surface area contributed by atoms with E-state index in [4.69, 9.17) is 0 Å². The van der Waals surface area contributed by atoms with E-state index in [1.165, 1.54) is 36.2 Å². The van der Waals surface area contributed by atoms with E-state index >= 15 is 0 Å². The minimum atomic E-state index is 0.344. The van der Waals surface area contributed by atoms with Crippen LogP contribution in [0.5, 0.6) is 0 Å². The molecule has 0 aromatic heterocycles. The minimum absolute atomic E-state index is 0.344. The lowest BCUT2D eigenvalue weighted by molar-refractivity contribution is 0.591. The summed E-state index contributed by atoms with van der Waals surface area (Å²) in [5.74, 6) is 0. The van der Waals surface area contributed by atoms with Crippen LogP contribution >= 0.6 is 11.8 Å². The van der Waals surface area contributed by atoms with Crippen molar-refractivity contribution >= 4 is 11.8 Å². The van der Waals surface area contributed by atoms with E-state index in [0.29, 0.717) is 4.75 Å². The van der Waals surface area contributed by atoms with Gasteiger partial charge in [0.25, 0.3) is 0 Å². The summed E-state index contributed by atoms with van der Waals surface area (Å²) >= 11 is 1.97. The molecule has 1 atom stereocenters. The topological polar surface area (TPSA) is 0 Å². The molecule has 14 heavy (non-hydrogen) atoms. The molecule has 0 nitrogen and oxygen atoms in total. The van der Waals surface area contributed by atoms with Crippen LogP contribution in [-0.2, 0) is 0 Å². The molecule has 1 aliphatic rings. The third-order valence-electron chi connectivity index (χ3n) is 3.38. The van der Waals surface area contributed by atoms with Gasteiger partial charge in [0.1, 0.15) is 0 Å². The Morgan fingerprint density at radius 2 is 1.93 bits per heavy atom. The molecule has 1 aliphatic heterocycles. The number of allylic oxidation sites excluding steroid dienone is 1. The summed E-state index contributed by atoms with van der Waals surface area (Å²) in [5, 5.41) is 0. The molecule has 1 heteroatoms. The van der Waals surface area contributed by atoms with Gasteiger partial charge < -0.3 is 0 Å². The van der Waals surface area contributed by atoms with E-state index in [2.05, 4.69) is 34.3 Å². The second kappa shape index (κ2) is 4.57. The maximum absolute atomic E-state index is 4.11. The first-order chi connectivity index (χ1) is 6.51. The van der Waals surface area contributed by atoms with Crippen LogP contribution in [-0.4, -0.2) is 4.75 Å². The number of thioether (sulfide) groups is 1. The molecule has 0 spiro atoms. The summed E-state index contributed by atoms with van der Waals surface area (Å²) in [7, 11) is 0. The molecule has 0 fully saturated rings. The van der Waals surface area contributed by atoms with Crippen LogP contribution in [0.4, 0.5) is 0 Å². The fourth-order valence-corrected chi connectivity index (χ4v) is 3.38. The number of rotatable bonds is 4. The first kappa shape index (κ1) is 11.9. The lowest BCUT2D eigenvalue weighted by Gasteiger charge is -2.25. The predicted molar refractivity (Wildman–Crippen MR) is 67.7 cm³/mol. The fourth-order valence-electron chi connectivity index (χ4n) is 1.98. The van der Waals surface area contributed by atoms with Gasteiger partial charge >= 0.3 is 0 Å². The van der Waals surface area contributed by atoms with Crippen LogP contribution < -0.4 is 0 Å². The molecule has 0 aliphatic carbocycles. The van der Waals surface area contributed by atoms with Gasteiger partial charge in [-0.05, 0) is 32.8 Å². The minimum Gasteiger partial charge on any atom is -0.115 e. The first-order valence-electron chi connectivity index (χ1n) is 5.57. The van der Waals surface area contributed by atoms with Crippen molar-refractivity contribution in [3.8, 4) is 0 Å². The van der Waals surface area contributed by atoms with Crippen molar-refractivity contribution in [3.63, 3.8) is 0 Å². The van der Waals surface area contributed by atoms with Crippen LogP contribution in [0, 0.1) is 0 Å². The molecule has 1 heterocycles. The van der Waals surface area contributed by atoms with Gasteiger partial charge in [0.05, 0.1) is 0 Å². The third kappa shape index (κ3) is 2.25. The smallest absolute Gasteiger partial charge is 0.0390 e. The van der Waals surface area contributed by atoms with Crippen LogP contribution in [0.25, 0.3) is 0 Å². The highest BCUT2D eigenvalue weighted by atomic mass is 32.2. The van der Waals surface area contributed by atoms with Crippen LogP contribution in [0.15, 0.2) is 22.6 Å². The maximum atomic E-state index is 4.11. The Morgan fingerprint density at radius 3 is 2.36 bits per heavy atom. The molecule has 1 rings (SSSR count). The molecule has 0 saturated heterocycles. The van der Waals surface area contributed by atoms with E-state index in [0.717, 1.165) is 0 Å². The number of hydrogen-bond acceptors (Lipinski definition) is 1. The van der Waals surface area contributed by atoms with Crippen molar-refractivity contribution in [2.24, 2.45) is 0 Å². The highest BCUT2D eigenvalue weighted by molar-refractivity contribution is 8.05. The molecular weight excluding hydrogens is 188 g/mol. The Kier molecular flexibility index (Phi) is 3.88. The SMILES string of the molecule is C=C1SC(C)(CCCCC)C(C)=C1C. The molecule has 0 N–H and O–H groups in total. The first-order valence-corrected chi connectivity index (χ1v) is 6.39. The Morgan fingerprint density at radius 1 is 1.29 bits per heavy atom. The van der Waals surface area contributed by atoms with Crippen molar-refractivity contribution in [2.45, 2.75) is 58.1 Å². The van der Waals surface area contributed by atoms with Gasteiger partial charge in [0.2, 0.25) is 0 Å². The van der Waals surface area contributed by atoms with E-state index in [-0.39, 0.29) is 0 Å². The summed E-state index contributed by atoms with van der Waals surface area (Å²) in [6, 6.07) is 0. The van der Waals surface area contributed by atoms with E-state index in [9.17, 15) is 0 Å². The summed E-state index contributed by atoms with van der Waals surface area (Å²) in [6.07, 6.45) is 5.31. The Labute approximate surface area is 92.9 Å². The van der Waals surface area contributed by atoms with E-state index < -0.39 is 0 Å². The van der Waals surface area contributed by atoms with Gasteiger partial charge in [-0.25, -0.2) is 0 Å². The quantitative estimate of drug-likeness (QED) is 0.593. The Bertz CT molecular complexity index is 262. The van der Waals surface area contributed by atoms with Gasteiger partial charge in [-0.3, -0.25) is 0 Å². The van der Waals surface area contributed by atoms with Crippen LogP contribution in [0.2, 0.25) is 0 Å². The molecule has 0 radical (unpaired) electrons. The zero-order valence-corrected chi connectivity index (χ0v) is 10.8. The van der Waals surface area contributed by atoms with E-state index in [1.54, 1.807) is 5.57 Å². The number of unbranched alkanes of at least 4 members (excludes halogenated alkanes) is 2. The Balaban J connectivity index is 2.63. The van der Waals surface area contributed by atoms with Gasteiger partial charge in [0, 0.05) is 9.65 Å². The zero-order valence-electron chi connectivity index (χ0n) is 9.94. The second-order valence-electron chi connectivity index (χ2n) is 4.46.